The smallest absolute Gasteiger partial charge is 0.318 e. The van der Waals surface area contributed by atoms with Crippen LogP contribution < -0.4 is 10.2 Å². The number of carbonyl (C=O) groups is 1. The van der Waals surface area contributed by atoms with Gasteiger partial charge in [0.25, 0.3) is 0 Å². The van der Waals surface area contributed by atoms with Gasteiger partial charge >= 0.3 is 6.01 Å². The van der Waals surface area contributed by atoms with Crippen molar-refractivity contribution in [2.45, 2.75) is 24.8 Å². The van der Waals surface area contributed by atoms with Gasteiger partial charge in [-0.1, -0.05) is 5.10 Å². The lowest BCUT2D eigenvalue weighted by atomic mass is 9.92. The topological polar surface area (TPSA) is 71.3 Å². The molecule has 1 aromatic rings. The van der Waals surface area contributed by atoms with Gasteiger partial charge in [-0.25, -0.2) is 0 Å². The van der Waals surface area contributed by atoms with E-state index in [0.717, 1.165) is 19.4 Å². The van der Waals surface area contributed by atoms with Gasteiger partial charge in [-0.2, -0.15) is 0 Å². The molecule has 2 aliphatic heterocycles. The van der Waals surface area contributed by atoms with Crippen molar-refractivity contribution < 1.29 is 9.21 Å². The third-order valence-corrected chi connectivity index (χ3v) is 3.65. The number of nitrogens with zero attached hydrogens (tertiary/aromatic N) is 3. The van der Waals surface area contributed by atoms with Crippen LogP contribution in [0.2, 0.25) is 0 Å². The number of alkyl halides is 1. The molecular formula is C10H13ClN4O2. The van der Waals surface area contributed by atoms with Gasteiger partial charge in [0, 0.05) is 13.1 Å². The average molecular weight is 257 g/mol. The minimum Gasteiger partial charge on any atom is -0.407 e. The summed E-state index contributed by atoms with van der Waals surface area (Å²) in [6.45, 7) is 1.50. The first-order valence-corrected chi connectivity index (χ1v) is 6.26. The Kier molecular flexibility index (Phi) is 2.66. The maximum Gasteiger partial charge on any atom is 0.318 e. The van der Waals surface area contributed by atoms with Crippen molar-refractivity contribution in [1.82, 2.24) is 15.5 Å². The molecule has 0 radical (unpaired) electrons. The van der Waals surface area contributed by atoms with Crippen molar-refractivity contribution >= 4 is 23.5 Å². The molecule has 0 aliphatic carbocycles. The van der Waals surface area contributed by atoms with Crippen LogP contribution in [0.3, 0.4) is 0 Å². The van der Waals surface area contributed by atoms with Crippen molar-refractivity contribution in [3.05, 3.63) is 5.89 Å². The van der Waals surface area contributed by atoms with Gasteiger partial charge in [0.2, 0.25) is 11.8 Å². The zero-order chi connectivity index (χ0) is 11.8. The number of anilines is 1. The summed E-state index contributed by atoms with van der Waals surface area (Å²) in [5.41, 5.74) is 0. The first-order valence-electron chi connectivity index (χ1n) is 5.72. The molecule has 7 heteroatoms. The minimum absolute atomic E-state index is 0.0510. The maximum atomic E-state index is 11.6. The molecule has 6 nitrogen and oxygen atoms in total. The van der Waals surface area contributed by atoms with Crippen LogP contribution in [-0.2, 0) is 10.7 Å². The van der Waals surface area contributed by atoms with Crippen LogP contribution >= 0.6 is 11.6 Å². The third kappa shape index (κ3) is 1.76. The molecule has 0 bridgehead atoms. The van der Waals surface area contributed by atoms with Gasteiger partial charge in [-0.15, -0.1) is 16.7 Å². The lowest BCUT2D eigenvalue weighted by Gasteiger charge is -2.34. The predicted octanol–water partition coefficient (Wildman–Crippen LogP) is 0.523. The predicted molar refractivity (Wildman–Crippen MR) is 60.7 cm³/mol. The largest absolute Gasteiger partial charge is 0.407 e. The lowest BCUT2D eigenvalue weighted by Crippen LogP contribution is -2.45. The Hall–Kier alpha value is -1.30. The highest BCUT2D eigenvalue weighted by atomic mass is 35.5. The Morgan fingerprint density at radius 3 is 3.18 bits per heavy atom. The number of halogens is 1. The van der Waals surface area contributed by atoms with E-state index in [1.54, 1.807) is 0 Å². The first-order chi connectivity index (χ1) is 8.29. The maximum absolute atomic E-state index is 11.6. The fraction of sp³-hybridized carbons (Fsp3) is 0.700. The zero-order valence-electron chi connectivity index (χ0n) is 9.23. The van der Waals surface area contributed by atoms with E-state index < -0.39 is 0 Å². The van der Waals surface area contributed by atoms with Gasteiger partial charge in [0.15, 0.2) is 0 Å². The summed E-state index contributed by atoms with van der Waals surface area (Å²) in [7, 11) is 0. The Bertz CT molecular complexity index is 436. The number of fused-ring (bicyclic) bond motifs is 1. The quantitative estimate of drug-likeness (QED) is 0.782. The molecule has 2 saturated heterocycles. The molecule has 0 saturated carbocycles. The minimum atomic E-state index is 0.0510. The van der Waals surface area contributed by atoms with E-state index in [1.165, 1.54) is 0 Å². The first kappa shape index (κ1) is 10.8. The van der Waals surface area contributed by atoms with Crippen LogP contribution in [0.5, 0.6) is 0 Å². The van der Waals surface area contributed by atoms with Crippen LogP contribution in [-0.4, -0.2) is 35.2 Å². The number of piperidine rings is 1. The molecule has 1 N–H and O–H groups in total. The summed E-state index contributed by atoms with van der Waals surface area (Å²) in [6.07, 6.45) is 1.90. The summed E-state index contributed by atoms with van der Waals surface area (Å²) in [5, 5.41) is 10.7. The van der Waals surface area contributed by atoms with Crippen LogP contribution in [0.15, 0.2) is 4.42 Å². The second kappa shape index (κ2) is 4.18. The van der Waals surface area contributed by atoms with E-state index >= 15 is 0 Å². The summed E-state index contributed by atoms with van der Waals surface area (Å²) in [5.74, 6) is 0.819. The third-order valence-electron chi connectivity index (χ3n) is 3.42. The van der Waals surface area contributed by atoms with Crippen molar-refractivity contribution in [1.29, 1.82) is 0 Å². The van der Waals surface area contributed by atoms with E-state index in [-0.39, 0.29) is 23.7 Å². The summed E-state index contributed by atoms with van der Waals surface area (Å²) >= 11 is 5.63. The van der Waals surface area contributed by atoms with Crippen LogP contribution in [0.1, 0.15) is 18.7 Å². The van der Waals surface area contributed by atoms with E-state index in [4.69, 9.17) is 16.0 Å². The van der Waals surface area contributed by atoms with Crippen LogP contribution in [0, 0.1) is 5.92 Å². The lowest BCUT2D eigenvalue weighted by molar-refractivity contribution is -0.123. The molecule has 2 unspecified atom stereocenters. The number of hydrogen-bond acceptors (Lipinski definition) is 5. The Labute approximate surface area is 103 Å². The normalized spacial score (nSPS) is 28.1. The average Bonchev–Trinajstić information content (AvgIpc) is 2.96. The molecule has 0 aromatic carbocycles. The molecule has 2 atom stereocenters. The van der Waals surface area contributed by atoms with Gasteiger partial charge in [0.1, 0.15) is 5.88 Å². The molecule has 17 heavy (non-hydrogen) atoms. The van der Waals surface area contributed by atoms with Gasteiger partial charge in [0.05, 0.1) is 12.0 Å². The second-order valence-corrected chi connectivity index (χ2v) is 4.63. The van der Waals surface area contributed by atoms with Crippen molar-refractivity contribution in [2.24, 2.45) is 5.92 Å². The Morgan fingerprint density at radius 2 is 2.41 bits per heavy atom. The summed E-state index contributed by atoms with van der Waals surface area (Å²) in [4.78, 5) is 13.6. The monoisotopic (exact) mass is 256 g/mol. The molecule has 0 spiro atoms. The number of carbonyl (C=O) groups excluding carboxylic acids is 1. The molecule has 3 rings (SSSR count). The molecule has 3 heterocycles. The van der Waals surface area contributed by atoms with Crippen molar-refractivity contribution in [3.63, 3.8) is 0 Å². The van der Waals surface area contributed by atoms with Gasteiger partial charge in [-0.3, -0.25) is 4.79 Å². The highest BCUT2D eigenvalue weighted by Gasteiger charge is 2.42. The Morgan fingerprint density at radius 1 is 1.53 bits per heavy atom. The highest BCUT2D eigenvalue weighted by Crippen LogP contribution is 2.30. The van der Waals surface area contributed by atoms with Gasteiger partial charge in [-0.05, 0) is 12.8 Å². The molecular weight excluding hydrogens is 244 g/mol. The summed E-state index contributed by atoms with van der Waals surface area (Å²) in [6, 6.07) is 0.617. The number of nitrogens with one attached hydrogen (secondary N) is 1. The number of amides is 1. The fourth-order valence-electron chi connectivity index (χ4n) is 2.60. The highest BCUT2D eigenvalue weighted by molar-refractivity contribution is 6.16. The van der Waals surface area contributed by atoms with Gasteiger partial charge < -0.3 is 14.6 Å². The molecule has 2 fully saturated rings. The van der Waals surface area contributed by atoms with E-state index in [1.807, 2.05) is 4.90 Å². The molecule has 1 aromatic heterocycles. The molecule has 2 aliphatic rings. The Balaban J connectivity index is 1.84. The SMILES string of the molecule is O=C1NCC2C1CCCN2c1nnc(CCl)o1. The van der Waals surface area contributed by atoms with Crippen LogP contribution in [0.4, 0.5) is 6.01 Å². The van der Waals surface area contributed by atoms with E-state index in [2.05, 4.69) is 15.5 Å². The molecule has 1 amide bonds. The van der Waals surface area contributed by atoms with E-state index in [0.29, 0.717) is 18.5 Å². The standard InChI is InChI=1S/C10H13ClN4O2/c11-4-8-13-14-10(17-8)15-3-1-2-6-7(15)5-12-9(6)16/h6-7H,1-5H2,(H,12,16). The molecule has 92 valence electrons. The van der Waals surface area contributed by atoms with E-state index in [9.17, 15) is 4.79 Å². The van der Waals surface area contributed by atoms with Crippen molar-refractivity contribution in [2.75, 3.05) is 18.0 Å². The number of hydrogen-bond donors (Lipinski definition) is 1. The number of rotatable bonds is 2. The number of aromatic nitrogens is 2. The van der Waals surface area contributed by atoms with Crippen molar-refractivity contribution in [3.8, 4) is 0 Å². The summed E-state index contributed by atoms with van der Waals surface area (Å²) < 4.78 is 5.45. The van der Waals surface area contributed by atoms with Crippen LogP contribution in [0.25, 0.3) is 0 Å². The second-order valence-electron chi connectivity index (χ2n) is 4.37. The fourth-order valence-corrected chi connectivity index (χ4v) is 2.71. The zero-order valence-corrected chi connectivity index (χ0v) is 9.98.